The largest absolute Gasteiger partial charge is 0.296 e. The summed E-state index contributed by atoms with van der Waals surface area (Å²) < 4.78 is 1.98. The van der Waals surface area contributed by atoms with Gasteiger partial charge in [0.05, 0.1) is 0 Å². The van der Waals surface area contributed by atoms with Gasteiger partial charge in [-0.05, 0) is 38.8 Å². The van der Waals surface area contributed by atoms with E-state index in [4.69, 9.17) is 11.6 Å². The third kappa shape index (κ3) is 2.02. The van der Waals surface area contributed by atoms with Gasteiger partial charge in [-0.1, -0.05) is 13.3 Å². The summed E-state index contributed by atoms with van der Waals surface area (Å²) in [7, 11) is 0. The molecule has 0 atom stereocenters. The summed E-state index contributed by atoms with van der Waals surface area (Å²) in [5.74, 6) is 0.878. The van der Waals surface area contributed by atoms with Gasteiger partial charge < -0.3 is 0 Å². The quantitative estimate of drug-likeness (QED) is 0.753. The predicted octanol–water partition coefficient (Wildman–Crippen LogP) is 2.78. The highest BCUT2D eigenvalue weighted by atomic mass is 35.5. The minimum atomic E-state index is 0.0133. The Bertz CT molecular complexity index is 272. The third-order valence-corrected chi connectivity index (χ3v) is 2.50. The van der Waals surface area contributed by atoms with Crippen molar-refractivity contribution in [1.82, 2.24) is 14.8 Å². The van der Waals surface area contributed by atoms with Crippen molar-refractivity contribution in [2.45, 2.75) is 46.1 Å². The SMILES string of the molecule is CCCC(C)(C)n1c(C)nnc1Cl. The molecule has 3 nitrogen and oxygen atoms in total. The van der Waals surface area contributed by atoms with Crippen LogP contribution in [0.15, 0.2) is 0 Å². The van der Waals surface area contributed by atoms with Gasteiger partial charge in [-0.15, -0.1) is 10.2 Å². The zero-order valence-electron chi connectivity index (χ0n) is 8.63. The summed E-state index contributed by atoms with van der Waals surface area (Å²) in [5.41, 5.74) is 0.0133. The Labute approximate surface area is 84.1 Å². The van der Waals surface area contributed by atoms with E-state index in [2.05, 4.69) is 31.0 Å². The Morgan fingerprint density at radius 1 is 1.38 bits per heavy atom. The Balaban J connectivity index is 3.05. The van der Waals surface area contributed by atoms with E-state index in [1.54, 1.807) is 0 Å². The number of hydrogen-bond donors (Lipinski definition) is 0. The van der Waals surface area contributed by atoms with Crippen LogP contribution in [0.3, 0.4) is 0 Å². The standard InChI is InChI=1S/C9H16ClN3/c1-5-6-9(3,4)13-7(2)11-12-8(13)10/h5-6H2,1-4H3. The molecule has 0 radical (unpaired) electrons. The van der Waals surface area contributed by atoms with Crippen molar-refractivity contribution in [1.29, 1.82) is 0 Å². The van der Waals surface area contributed by atoms with Crippen molar-refractivity contribution in [3.8, 4) is 0 Å². The highest BCUT2D eigenvalue weighted by Gasteiger charge is 2.24. The Kier molecular flexibility index (Phi) is 2.96. The summed E-state index contributed by atoms with van der Waals surface area (Å²) in [4.78, 5) is 0. The average molecular weight is 202 g/mol. The van der Waals surface area contributed by atoms with Crippen LogP contribution in [0.1, 0.15) is 39.4 Å². The molecule has 0 aliphatic rings. The van der Waals surface area contributed by atoms with Crippen LogP contribution in [-0.4, -0.2) is 14.8 Å². The molecule has 0 aliphatic heterocycles. The molecule has 1 rings (SSSR count). The Hall–Kier alpha value is -0.570. The number of rotatable bonds is 3. The normalized spacial score (nSPS) is 12.1. The molecule has 1 aromatic rings. The van der Waals surface area contributed by atoms with Gasteiger partial charge in [-0.2, -0.15) is 0 Å². The fourth-order valence-corrected chi connectivity index (χ4v) is 2.14. The molecule has 0 bridgehead atoms. The topological polar surface area (TPSA) is 30.7 Å². The van der Waals surface area contributed by atoms with Crippen molar-refractivity contribution in [2.75, 3.05) is 0 Å². The molecule has 0 saturated heterocycles. The Morgan fingerprint density at radius 2 is 2.00 bits per heavy atom. The molecule has 0 amide bonds. The first-order valence-corrected chi connectivity index (χ1v) is 4.95. The zero-order valence-corrected chi connectivity index (χ0v) is 9.39. The predicted molar refractivity (Wildman–Crippen MR) is 54.0 cm³/mol. The van der Waals surface area contributed by atoms with Gasteiger partial charge in [0.2, 0.25) is 5.28 Å². The van der Waals surface area contributed by atoms with Crippen molar-refractivity contribution >= 4 is 11.6 Å². The number of aromatic nitrogens is 3. The lowest BCUT2D eigenvalue weighted by molar-refractivity contribution is 0.317. The smallest absolute Gasteiger partial charge is 0.225 e. The first-order chi connectivity index (χ1) is 5.99. The van der Waals surface area contributed by atoms with Gasteiger partial charge in [0, 0.05) is 5.54 Å². The molecule has 1 aromatic heterocycles. The molecule has 0 unspecified atom stereocenters. The summed E-state index contributed by atoms with van der Waals surface area (Å²) in [5, 5.41) is 8.27. The van der Waals surface area contributed by atoms with E-state index >= 15 is 0 Å². The second-order valence-corrected chi connectivity index (χ2v) is 4.25. The van der Waals surface area contributed by atoms with Crippen LogP contribution in [0.25, 0.3) is 0 Å². The van der Waals surface area contributed by atoms with Crippen LogP contribution < -0.4 is 0 Å². The lowest BCUT2D eigenvalue weighted by Gasteiger charge is -2.27. The highest BCUT2D eigenvalue weighted by Crippen LogP contribution is 2.26. The molecule has 0 N–H and O–H groups in total. The van der Waals surface area contributed by atoms with Gasteiger partial charge in [0.1, 0.15) is 5.82 Å². The molecule has 4 heteroatoms. The number of nitrogens with zero attached hydrogens (tertiary/aromatic N) is 3. The number of aryl methyl sites for hydroxylation is 1. The van der Waals surface area contributed by atoms with Crippen LogP contribution in [0.5, 0.6) is 0 Å². The molecule has 0 spiro atoms. The average Bonchev–Trinajstić information content (AvgIpc) is 2.31. The second-order valence-electron chi connectivity index (χ2n) is 3.91. The van der Waals surface area contributed by atoms with Crippen molar-refractivity contribution < 1.29 is 0 Å². The maximum Gasteiger partial charge on any atom is 0.225 e. The Morgan fingerprint density at radius 3 is 2.38 bits per heavy atom. The van der Waals surface area contributed by atoms with Crippen molar-refractivity contribution in [3.05, 3.63) is 11.1 Å². The molecule has 0 saturated carbocycles. The summed E-state index contributed by atoms with van der Waals surface area (Å²) in [6, 6.07) is 0. The number of halogens is 1. The van der Waals surface area contributed by atoms with E-state index in [1.165, 1.54) is 0 Å². The van der Waals surface area contributed by atoms with Gasteiger partial charge in [-0.25, -0.2) is 0 Å². The highest BCUT2D eigenvalue weighted by molar-refractivity contribution is 6.28. The van der Waals surface area contributed by atoms with Crippen LogP contribution in [0.2, 0.25) is 5.28 Å². The molecule has 13 heavy (non-hydrogen) atoms. The monoisotopic (exact) mass is 201 g/mol. The first-order valence-electron chi connectivity index (χ1n) is 4.57. The molecule has 0 fully saturated rings. The second kappa shape index (κ2) is 3.66. The van der Waals surface area contributed by atoms with Gasteiger partial charge in [-0.3, -0.25) is 4.57 Å². The third-order valence-electron chi connectivity index (χ3n) is 2.25. The molecule has 1 heterocycles. The van der Waals surface area contributed by atoms with E-state index in [9.17, 15) is 0 Å². The first kappa shape index (κ1) is 10.5. The summed E-state index contributed by atoms with van der Waals surface area (Å²) >= 11 is 5.95. The number of hydrogen-bond acceptors (Lipinski definition) is 2. The molecule has 0 aliphatic carbocycles. The van der Waals surface area contributed by atoms with E-state index in [0.29, 0.717) is 5.28 Å². The minimum absolute atomic E-state index is 0.0133. The van der Waals surface area contributed by atoms with E-state index in [-0.39, 0.29) is 5.54 Å². The van der Waals surface area contributed by atoms with Crippen LogP contribution in [0.4, 0.5) is 0 Å². The summed E-state index contributed by atoms with van der Waals surface area (Å²) in [6.07, 6.45) is 2.20. The van der Waals surface area contributed by atoms with Gasteiger partial charge in [0.25, 0.3) is 0 Å². The van der Waals surface area contributed by atoms with Crippen molar-refractivity contribution in [2.24, 2.45) is 0 Å². The van der Waals surface area contributed by atoms with E-state index in [1.807, 2.05) is 11.5 Å². The maximum absolute atomic E-state index is 5.95. The fourth-order valence-electron chi connectivity index (χ4n) is 1.75. The van der Waals surface area contributed by atoms with Gasteiger partial charge in [0.15, 0.2) is 0 Å². The molecule has 74 valence electrons. The van der Waals surface area contributed by atoms with Crippen LogP contribution in [0, 0.1) is 6.92 Å². The van der Waals surface area contributed by atoms with Crippen LogP contribution >= 0.6 is 11.6 Å². The molecular weight excluding hydrogens is 186 g/mol. The molecular formula is C9H16ClN3. The van der Waals surface area contributed by atoms with E-state index in [0.717, 1.165) is 18.7 Å². The minimum Gasteiger partial charge on any atom is -0.296 e. The lowest BCUT2D eigenvalue weighted by Crippen LogP contribution is -2.27. The van der Waals surface area contributed by atoms with Gasteiger partial charge >= 0.3 is 0 Å². The molecule has 0 aromatic carbocycles. The van der Waals surface area contributed by atoms with Crippen LogP contribution in [-0.2, 0) is 5.54 Å². The zero-order chi connectivity index (χ0) is 10.1. The van der Waals surface area contributed by atoms with Crippen molar-refractivity contribution in [3.63, 3.8) is 0 Å². The maximum atomic E-state index is 5.95. The summed E-state index contributed by atoms with van der Waals surface area (Å²) in [6.45, 7) is 8.39. The van der Waals surface area contributed by atoms with E-state index < -0.39 is 0 Å². The fraction of sp³-hybridized carbons (Fsp3) is 0.778. The lowest BCUT2D eigenvalue weighted by atomic mass is 9.98.